The number of H-pyrrole nitrogens is 1. The maximum absolute atomic E-state index is 12.3. The second-order valence-electron chi connectivity index (χ2n) is 5.07. The lowest BCUT2D eigenvalue weighted by Crippen LogP contribution is -2.53. The number of carbonyl (C=O) groups is 1. The Morgan fingerprint density at radius 3 is 2.65 bits per heavy atom. The van der Waals surface area contributed by atoms with E-state index in [4.69, 9.17) is 5.73 Å². The third kappa shape index (κ3) is 3.26. The van der Waals surface area contributed by atoms with E-state index in [0.717, 1.165) is 19.5 Å². The first kappa shape index (κ1) is 14.7. The summed E-state index contributed by atoms with van der Waals surface area (Å²) in [4.78, 5) is 30.2. The summed E-state index contributed by atoms with van der Waals surface area (Å²) in [5, 5.41) is 0. The largest absolute Gasteiger partial charge is 0.336 e. The van der Waals surface area contributed by atoms with E-state index in [1.807, 2.05) is 0 Å². The Morgan fingerprint density at radius 1 is 1.40 bits per heavy atom. The summed E-state index contributed by atoms with van der Waals surface area (Å²) in [5.41, 5.74) is 5.96. The SMILES string of the molecule is CCC(CN)N1CCN(C(=O)c2cc[nH]c(=O)c2)CC1. The number of hydrogen-bond donors (Lipinski definition) is 2. The second-order valence-corrected chi connectivity index (χ2v) is 5.07. The van der Waals surface area contributed by atoms with Gasteiger partial charge in [0, 0.05) is 56.6 Å². The van der Waals surface area contributed by atoms with Crippen molar-refractivity contribution in [3.8, 4) is 0 Å². The molecule has 0 radical (unpaired) electrons. The van der Waals surface area contributed by atoms with Crippen LogP contribution < -0.4 is 11.3 Å². The van der Waals surface area contributed by atoms with Crippen LogP contribution in [0, 0.1) is 0 Å². The van der Waals surface area contributed by atoms with Crippen molar-refractivity contribution < 1.29 is 4.79 Å². The van der Waals surface area contributed by atoms with Crippen molar-refractivity contribution in [2.45, 2.75) is 19.4 Å². The quantitative estimate of drug-likeness (QED) is 0.804. The van der Waals surface area contributed by atoms with E-state index in [1.54, 1.807) is 11.0 Å². The maximum atomic E-state index is 12.3. The molecule has 1 saturated heterocycles. The van der Waals surface area contributed by atoms with Gasteiger partial charge >= 0.3 is 0 Å². The molecule has 110 valence electrons. The van der Waals surface area contributed by atoms with E-state index in [0.29, 0.717) is 31.2 Å². The highest BCUT2D eigenvalue weighted by Gasteiger charge is 2.25. The van der Waals surface area contributed by atoms with E-state index in [1.165, 1.54) is 12.3 Å². The fourth-order valence-corrected chi connectivity index (χ4v) is 2.62. The zero-order valence-electron chi connectivity index (χ0n) is 11.8. The molecule has 0 bridgehead atoms. The molecule has 1 unspecified atom stereocenters. The van der Waals surface area contributed by atoms with Gasteiger partial charge in [-0.05, 0) is 12.5 Å². The number of nitrogens with zero attached hydrogens (tertiary/aromatic N) is 2. The summed E-state index contributed by atoms with van der Waals surface area (Å²) < 4.78 is 0. The van der Waals surface area contributed by atoms with E-state index < -0.39 is 0 Å². The molecule has 1 atom stereocenters. The van der Waals surface area contributed by atoms with Gasteiger partial charge in [0.2, 0.25) is 5.56 Å². The molecule has 0 spiro atoms. The van der Waals surface area contributed by atoms with Gasteiger partial charge in [0.1, 0.15) is 0 Å². The summed E-state index contributed by atoms with van der Waals surface area (Å²) in [5.74, 6) is -0.0726. The molecule has 20 heavy (non-hydrogen) atoms. The molecule has 1 fully saturated rings. The number of carbonyl (C=O) groups excluding carboxylic acids is 1. The summed E-state index contributed by atoms with van der Waals surface area (Å²) in [6.45, 7) is 5.82. The Kier molecular flexibility index (Phi) is 4.92. The number of rotatable bonds is 4. The topological polar surface area (TPSA) is 82.4 Å². The van der Waals surface area contributed by atoms with Crippen molar-refractivity contribution in [1.82, 2.24) is 14.8 Å². The van der Waals surface area contributed by atoms with E-state index in [2.05, 4.69) is 16.8 Å². The summed E-state index contributed by atoms with van der Waals surface area (Å²) in [6.07, 6.45) is 2.53. The summed E-state index contributed by atoms with van der Waals surface area (Å²) in [6, 6.07) is 3.39. The van der Waals surface area contributed by atoms with E-state index >= 15 is 0 Å². The minimum absolute atomic E-state index is 0.0726. The fourth-order valence-electron chi connectivity index (χ4n) is 2.62. The van der Waals surface area contributed by atoms with Crippen LogP contribution in [0.15, 0.2) is 23.1 Å². The molecule has 0 saturated carbocycles. The van der Waals surface area contributed by atoms with Crippen molar-refractivity contribution in [2.24, 2.45) is 5.73 Å². The zero-order valence-corrected chi connectivity index (χ0v) is 11.8. The highest BCUT2D eigenvalue weighted by Crippen LogP contribution is 2.11. The predicted octanol–water partition coefficient (Wildman–Crippen LogP) is -0.130. The number of pyridine rings is 1. The first-order chi connectivity index (χ1) is 9.65. The molecule has 6 heteroatoms. The Bertz CT molecular complexity index is 502. The van der Waals surface area contributed by atoms with E-state index in [9.17, 15) is 9.59 Å². The van der Waals surface area contributed by atoms with Gasteiger partial charge in [-0.25, -0.2) is 0 Å². The van der Waals surface area contributed by atoms with Crippen LogP contribution in [0.4, 0.5) is 0 Å². The molecule has 2 heterocycles. The van der Waals surface area contributed by atoms with Crippen molar-refractivity contribution in [3.63, 3.8) is 0 Å². The van der Waals surface area contributed by atoms with Crippen LogP contribution >= 0.6 is 0 Å². The maximum Gasteiger partial charge on any atom is 0.254 e. The van der Waals surface area contributed by atoms with E-state index in [-0.39, 0.29) is 11.5 Å². The number of amides is 1. The first-order valence-electron chi connectivity index (χ1n) is 7.07. The normalized spacial score (nSPS) is 18.0. The first-order valence-corrected chi connectivity index (χ1v) is 7.07. The Labute approximate surface area is 118 Å². The van der Waals surface area contributed by atoms with Crippen molar-refractivity contribution in [1.29, 1.82) is 0 Å². The average Bonchev–Trinajstić information content (AvgIpc) is 2.48. The Balaban J connectivity index is 1.97. The lowest BCUT2D eigenvalue weighted by Gasteiger charge is -2.38. The zero-order chi connectivity index (χ0) is 14.5. The Hall–Kier alpha value is -1.66. The van der Waals surface area contributed by atoms with Gasteiger partial charge in [-0.2, -0.15) is 0 Å². The molecule has 2 rings (SSSR count). The second kappa shape index (κ2) is 6.67. The van der Waals surface area contributed by atoms with Crippen LogP contribution in [-0.4, -0.2) is 59.5 Å². The molecular weight excluding hydrogens is 256 g/mol. The third-order valence-corrected chi connectivity index (χ3v) is 3.88. The number of hydrogen-bond acceptors (Lipinski definition) is 4. The molecule has 1 amide bonds. The highest BCUT2D eigenvalue weighted by atomic mass is 16.2. The lowest BCUT2D eigenvalue weighted by atomic mass is 10.1. The fraction of sp³-hybridized carbons (Fsp3) is 0.571. The molecule has 1 aromatic rings. The summed E-state index contributed by atoms with van der Waals surface area (Å²) in [7, 11) is 0. The van der Waals surface area contributed by atoms with Crippen LogP contribution in [0.5, 0.6) is 0 Å². The molecule has 3 N–H and O–H groups in total. The lowest BCUT2D eigenvalue weighted by molar-refractivity contribution is 0.0571. The van der Waals surface area contributed by atoms with Crippen LogP contribution in [-0.2, 0) is 0 Å². The minimum atomic E-state index is -0.247. The molecule has 1 aromatic heterocycles. The number of aromatic amines is 1. The van der Waals surface area contributed by atoms with Crippen molar-refractivity contribution in [2.75, 3.05) is 32.7 Å². The minimum Gasteiger partial charge on any atom is -0.336 e. The number of aromatic nitrogens is 1. The number of nitrogens with one attached hydrogen (secondary N) is 1. The molecule has 0 aliphatic carbocycles. The van der Waals surface area contributed by atoms with Crippen LogP contribution in [0.3, 0.4) is 0 Å². The van der Waals surface area contributed by atoms with Crippen molar-refractivity contribution >= 4 is 5.91 Å². The molecular formula is C14H22N4O2. The van der Waals surface area contributed by atoms with Gasteiger partial charge in [0.15, 0.2) is 0 Å². The smallest absolute Gasteiger partial charge is 0.254 e. The van der Waals surface area contributed by atoms with Gasteiger partial charge in [-0.1, -0.05) is 6.92 Å². The van der Waals surface area contributed by atoms with Gasteiger partial charge in [-0.3, -0.25) is 14.5 Å². The average molecular weight is 278 g/mol. The van der Waals surface area contributed by atoms with Crippen LogP contribution in [0.25, 0.3) is 0 Å². The monoisotopic (exact) mass is 278 g/mol. The number of piperazine rings is 1. The number of nitrogens with two attached hydrogens (primary N) is 1. The Morgan fingerprint density at radius 2 is 2.10 bits per heavy atom. The third-order valence-electron chi connectivity index (χ3n) is 3.88. The van der Waals surface area contributed by atoms with Gasteiger partial charge in [-0.15, -0.1) is 0 Å². The summed E-state index contributed by atoms with van der Waals surface area (Å²) >= 11 is 0. The molecule has 6 nitrogen and oxygen atoms in total. The van der Waals surface area contributed by atoms with Crippen LogP contribution in [0.1, 0.15) is 23.7 Å². The molecule has 0 aromatic carbocycles. The predicted molar refractivity (Wildman–Crippen MR) is 77.7 cm³/mol. The highest BCUT2D eigenvalue weighted by molar-refractivity contribution is 5.94. The van der Waals surface area contributed by atoms with Gasteiger partial charge in [0.05, 0.1) is 0 Å². The van der Waals surface area contributed by atoms with Crippen molar-refractivity contribution in [3.05, 3.63) is 34.2 Å². The van der Waals surface area contributed by atoms with Gasteiger partial charge < -0.3 is 15.6 Å². The standard InChI is InChI=1S/C14H22N4O2/c1-2-12(10-15)17-5-7-18(8-6-17)14(20)11-3-4-16-13(19)9-11/h3-4,9,12H,2,5-8,10,15H2,1H3,(H,16,19). The molecule has 1 aliphatic heterocycles. The van der Waals surface area contributed by atoms with Crippen LogP contribution in [0.2, 0.25) is 0 Å². The van der Waals surface area contributed by atoms with Gasteiger partial charge in [0.25, 0.3) is 5.91 Å². The molecule has 1 aliphatic rings.